The molecular weight excluding hydrogens is 969 g/mol. The van der Waals surface area contributed by atoms with Gasteiger partial charge in [0.2, 0.25) is 0 Å². The highest BCUT2D eigenvalue weighted by Gasteiger charge is 2.68. The van der Waals surface area contributed by atoms with E-state index in [2.05, 4.69) is 26.8 Å². The molecular formula is C50H82O23. The first-order chi connectivity index (χ1) is 34.5. The van der Waals surface area contributed by atoms with Crippen LogP contribution in [0.4, 0.5) is 0 Å². The normalized spacial score (nSPS) is 55.5. The second kappa shape index (κ2) is 21.8. The predicted molar refractivity (Wildman–Crippen MR) is 245 cm³/mol. The van der Waals surface area contributed by atoms with Gasteiger partial charge in [-0.2, -0.15) is 0 Å². The quantitative estimate of drug-likeness (QED) is 0.0769. The third-order valence-corrected chi connectivity index (χ3v) is 19.2. The molecule has 9 aliphatic rings. The summed E-state index contributed by atoms with van der Waals surface area (Å²) in [7, 11) is 0. The first-order valence-electron chi connectivity index (χ1n) is 26.5. The third-order valence-electron chi connectivity index (χ3n) is 19.2. The third kappa shape index (κ3) is 10.1. The van der Waals surface area contributed by atoms with E-state index in [4.69, 9.17) is 42.6 Å². The van der Waals surface area contributed by atoms with Crippen molar-refractivity contribution in [1.29, 1.82) is 0 Å². The lowest BCUT2D eigenvalue weighted by Gasteiger charge is -2.58. The fraction of sp³-hybridized carbons (Fsp3) is 0.960. The Kier molecular flexibility index (Phi) is 16.9. The van der Waals surface area contributed by atoms with E-state index in [0.717, 1.165) is 32.1 Å². The van der Waals surface area contributed by atoms with Crippen LogP contribution in [0.3, 0.4) is 0 Å². The van der Waals surface area contributed by atoms with Crippen LogP contribution in [0.25, 0.3) is 0 Å². The Morgan fingerprint density at radius 1 is 0.658 bits per heavy atom. The number of hydrogen-bond acceptors (Lipinski definition) is 23. The molecule has 0 spiro atoms. The predicted octanol–water partition coefficient (Wildman–Crippen LogP) is -3.05. The maximum Gasteiger partial charge on any atom is 0.189 e. The van der Waals surface area contributed by atoms with Gasteiger partial charge in [0.15, 0.2) is 37.2 Å². The zero-order valence-electron chi connectivity index (χ0n) is 42.2. The minimum Gasteiger partial charge on any atom is -0.394 e. The molecule has 420 valence electrons. The van der Waals surface area contributed by atoms with Gasteiger partial charge in [-0.15, -0.1) is 0 Å². The zero-order valence-corrected chi connectivity index (χ0v) is 42.2. The number of aliphatic hydroxyl groups is 14. The summed E-state index contributed by atoms with van der Waals surface area (Å²) in [5.74, 6) is -0.340. The average molecular weight is 1050 g/mol. The van der Waals surface area contributed by atoms with Gasteiger partial charge in [0.1, 0.15) is 85.5 Å². The molecule has 5 saturated heterocycles. The lowest BCUT2D eigenvalue weighted by Crippen LogP contribution is -2.66. The molecule has 0 aromatic rings. The maximum absolute atomic E-state index is 12.1. The summed E-state index contributed by atoms with van der Waals surface area (Å²) in [6.07, 6.45) is -23.4. The van der Waals surface area contributed by atoms with Crippen molar-refractivity contribution < 1.29 is 114 Å². The van der Waals surface area contributed by atoms with E-state index in [1.54, 1.807) is 0 Å². The van der Waals surface area contributed by atoms with Gasteiger partial charge >= 0.3 is 0 Å². The number of allylic oxidation sites excluding steroid dienone is 1. The highest BCUT2D eigenvalue weighted by Crippen LogP contribution is 2.70. The smallest absolute Gasteiger partial charge is 0.189 e. The van der Waals surface area contributed by atoms with E-state index >= 15 is 0 Å². The van der Waals surface area contributed by atoms with E-state index in [1.165, 1.54) is 12.5 Å². The van der Waals surface area contributed by atoms with Crippen molar-refractivity contribution in [3.8, 4) is 0 Å². The number of aliphatic hydroxyl groups excluding tert-OH is 13. The van der Waals surface area contributed by atoms with Crippen LogP contribution in [0.5, 0.6) is 0 Å². The topological polar surface area (TPSA) is 366 Å². The van der Waals surface area contributed by atoms with Crippen molar-refractivity contribution in [1.82, 2.24) is 0 Å². The first-order valence-corrected chi connectivity index (χ1v) is 26.5. The molecule has 31 atom stereocenters. The lowest BCUT2D eigenvalue weighted by molar-refractivity contribution is -0.400. The van der Waals surface area contributed by atoms with Crippen molar-refractivity contribution in [3.63, 3.8) is 0 Å². The van der Waals surface area contributed by atoms with Crippen LogP contribution in [0, 0.1) is 46.3 Å². The molecule has 15 unspecified atom stereocenters. The SMILES string of the molecule is CC1O[C@@H](O[C@@H]2C(CO)O[C@@H](OC3CC[C@@]4(C)C(=CC[C@H]5[C@@H]6CC7OC(O)(CC[C@@H](C)CO[C@@H]8OC(CO)[C@@H](O)C(O)C8O)[C@@H](C)[C@@H]7[C@@]6(C)CC[C@@H]54)C3)C(O[C@@H]3OC(O)[C@H](O)C(O)C3O)C2O)C(O)C(O)[C@H]1O. The Balaban J connectivity index is 0.846. The minimum absolute atomic E-state index is 0.0745. The summed E-state index contributed by atoms with van der Waals surface area (Å²) < 4.78 is 53.8. The summed E-state index contributed by atoms with van der Waals surface area (Å²) in [4.78, 5) is 0. The molecule has 23 nitrogen and oxygen atoms in total. The monoisotopic (exact) mass is 1050 g/mol. The van der Waals surface area contributed by atoms with Crippen LogP contribution >= 0.6 is 0 Å². The molecule has 5 heterocycles. The highest BCUT2D eigenvalue weighted by molar-refractivity contribution is 5.26. The van der Waals surface area contributed by atoms with Crippen LogP contribution in [0.2, 0.25) is 0 Å². The molecule has 0 aromatic carbocycles. The molecule has 0 radical (unpaired) electrons. The molecule has 0 aromatic heterocycles. The molecule has 9 rings (SSSR count). The molecule has 5 aliphatic heterocycles. The van der Waals surface area contributed by atoms with Crippen LogP contribution in [0.15, 0.2) is 11.6 Å². The lowest BCUT2D eigenvalue weighted by atomic mass is 9.47. The van der Waals surface area contributed by atoms with Gasteiger partial charge in [0.25, 0.3) is 0 Å². The van der Waals surface area contributed by atoms with Gasteiger partial charge < -0.3 is 114 Å². The summed E-state index contributed by atoms with van der Waals surface area (Å²) in [6.45, 7) is 9.05. The Hall–Kier alpha value is -1.18. The fourth-order valence-electron chi connectivity index (χ4n) is 14.8. The fourth-order valence-corrected chi connectivity index (χ4v) is 14.8. The van der Waals surface area contributed by atoms with Crippen LogP contribution in [-0.2, 0) is 42.6 Å². The standard InChI is InChI=1S/C50H82O23/c1-19(18-65-44-37(59)34(56)32(54)28(16-51)68-44)8-13-50(64)20(2)30-27(73-50)15-26-24-7-6-22-14-23(9-11-48(22,4)25(24)10-12-49(26,30)5)67-47-42(71-46-39(61)35(57)36(58)43(63)72-46)40(62)41(29(17-52)69-47)70-45-38(60)33(55)31(53)21(3)66-45/h6,19-21,23-47,51-64H,7-18H2,1-5H3/t19-,20+,21?,23?,24-,25+,26+,27?,28?,29?,30+,31+,32-,33?,34?,35?,36-,37?,38?,39?,40?,41-,42?,43?,44-,45+,46-,47-,48+,49+,50?/m1/s1. The van der Waals surface area contributed by atoms with Crippen molar-refractivity contribution in [2.45, 2.75) is 233 Å². The van der Waals surface area contributed by atoms with E-state index in [0.29, 0.717) is 43.4 Å². The summed E-state index contributed by atoms with van der Waals surface area (Å²) >= 11 is 0. The van der Waals surface area contributed by atoms with Crippen LogP contribution in [-0.4, -0.2) is 232 Å². The Morgan fingerprint density at radius 2 is 1.29 bits per heavy atom. The van der Waals surface area contributed by atoms with E-state index in [1.807, 2.05) is 6.92 Å². The molecule has 0 amide bonds. The summed E-state index contributed by atoms with van der Waals surface area (Å²) in [5.41, 5.74) is 0.991. The van der Waals surface area contributed by atoms with Gasteiger partial charge in [-0.25, -0.2) is 0 Å². The number of ether oxygens (including phenoxy) is 9. The number of rotatable bonds is 14. The first kappa shape index (κ1) is 56.5. The Morgan fingerprint density at radius 3 is 1.99 bits per heavy atom. The Labute approximate surface area is 424 Å². The van der Waals surface area contributed by atoms with Crippen molar-refractivity contribution in [2.75, 3.05) is 19.8 Å². The molecule has 4 aliphatic carbocycles. The second-order valence-electron chi connectivity index (χ2n) is 23.5. The van der Waals surface area contributed by atoms with Gasteiger partial charge in [0.05, 0.1) is 38.1 Å². The van der Waals surface area contributed by atoms with E-state index in [9.17, 15) is 71.5 Å². The molecule has 14 N–H and O–H groups in total. The largest absolute Gasteiger partial charge is 0.394 e. The van der Waals surface area contributed by atoms with E-state index < -0.39 is 148 Å². The van der Waals surface area contributed by atoms with Crippen molar-refractivity contribution in [2.24, 2.45) is 46.3 Å². The number of hydrogen-bond donors (Lipinski definition) is 14. The zero-order chi connectivity index (χ0) is 52.8. The van der Waals surface area contributed by atoms with Crippen LogP contribution < -0.4 is 0 Å². The molecule has 23 heteroatoms. The Bertz CT molecular complexity index is 1900. The summed E-state index contributed by atoms with van der Waals surface area (Å²) in [5, 5.41) is 148. The van der Waals surface area contributed by atoms with Crippen molar-refractivity contribution >= 4 is 0 Å². The number of fused-ring (bicyclic) bond motifs is 7. The highest BCUT2D eigenvalue weighted by atomic mass is 16.8. The van der Waals surface area contributed by atoms with Gasteiger partial charge in [-0.3, -0.25) is 0 Å². The summed E-state index contributed by atoms with van der Waals surface area (Å²) in [6, 6.07) is 0. The average Bonchev–Trinajstić information content (AvgIpc) is 3.80. The van der Waals surface area contributed by atoms with Crippen molar-refractivity contribution in [3.05, 3.63) is 11.6 Å². The minimum atomic E-state index is -1.98. The van der Waals surface area contributed by atoms with Gasteiger partial charge in [-0.05, 0) is 98.7 Å². The second-order valence-corrected chi connectivity index (χ2v) is 23.5. The molecule has 0 bridgehead atoms. The molecule has 8 fully saturated rings. The van der Waals surface area contributed by atoms with Crippen LogP contribution in [0.1, 0.15) is 92.4 Å². The maximum atomic E-state index is 12.1. The molecule has 3 saturated carbocycles. The van der Waals surface area contributed by atoms with Gasteiger partial charge in [0, 0.05) is 12.3 Å². The van der Waals surface area contributed by atoms with E-state index in [-0.39, 0.29) is 41.3 Å². The molecule has 73 heavy (non-hydrogen) atoms. The van der Waals surface area contributed by atoms with Gasteiger partial charge in [-0.1, -0.05) is 39.3 Å².